The summed E-state index contributed by atoms with van der Waals surface area (Å²) in [6.07, 6.45) is 4.25. The summed E-state index contributed by atoms with van der Waals surface area (Å²) >= 11 is 3.53. The van der Waals surface area contributed by atoms with E-state index in [1.807, 2.05) is 6.07 Å². The van der Waals surface area contributed by atoms with Gasteiger partial charge in [0.15, 0.2) is 0 Å². The van der Waals surface area contributed by atoms with E-state index in [-0.39, 0.29) is 0 Å². The fourth-order valence-corrected chi connectivity index (χ4v) is 2.89. The quantitative estimate of drug-likeness (QED) is 0.822. The van der Waals surface area contributed by atoms with Gasteiger partial charge in [-0.05, 0) is 59.4 Å². The maximum Gasteiger partial charge on any atom is 0.133 e. The van der Waals surface area contributed by atoms with Gasteiger partial charge < -0.3 is 9.64 Å². The third-order valence-electron chi connectivity index (χ3n) is 3.46. The van der Waals surface area contributed by atoms with Crippen molar-refractivity contribution in [3.8, 4) is 5.75 Å². The van der Waals surface area contributed by atoms with E-state index in [9.17, 15) is 0 Å². The third kappa shape index (κ3) is 3.46. The fraction of sp³-hybridized carbons (Fsp3) is 0.571. The first-order valence-corrected chi connectivity index (χ1v) is 6.99. The van der Waals surface area contributed by atoms with Crippen LogP contribution in [0.4, 0.5) is 0 Å². The summed E-state index contributed by atoms with van der Waals surface area (Å²) in [5.41, 5.74) is 1.33. The molecule has 1 aliphatic carbocycles. The second-order valence-corrected chi connectivity index (χ2v) is 5.82. The molecule has 0 bridgehead atoms. The molecule has 0 N–H and O–H groups in total. The van der Waals surface area contributed by atoms with Crippen LogP contribution >= 0.6 is 15.9 Å². The van der Waals surface area contributed by atoms with Crippen molar-refractivity contribution in [1.29, 1.82) is 0 Å². The first-order chi connectivity index (χ1) is 8.19. The van der Waals surface area contributed by atoms with Crippen LogP contribution in [-0.2, 0) is 6.54 Å². The van der Waals surface area contributed by atoms with E-state index in [1.54, 1.807) is 7.11 Å². The van der Waals surface area contributed by atoms with Crippen LogP contribution in [0.25, 0.3) is 0 Å². The Morgan fingerprint density at radius 2 is 2.18 bits per heavy atom. The Balaban J connectivity index is 1.90. The molecule has 0 heterocycles. The molecule has 0 aromatic heterocycles. The Labute approximate surface area is 112 Å². The lowest BCUT2D eigenvalue weighted by Gasteiger charge is -2.30. The summed E-state index contributed by atoms with van der Waals surface area (Å²) in [7, 11) is 3.90. The SMILES string of the molecule is COc1ccc(CN(C)CC2CCC2)cc1Br. The molecule has 0 aliphatic heterocycles. The Kier molecular flexibility index (Phi) is 4.46. The van der Waals surface area contributed by atoms with Gasteiger partial charge in [-0.25, -0.2) is 0 Å². The van der Waals surface area contributed by atoms with E-state index in [0.29, 0.717) is 0 Å². The van der Waals surface area contributed by atoms with Gasteiger partial charge in [0.2, 0.25) is 0 Å². The minimum absolute atomic E-state index is 0.899. The molecule has 0 radical (unpaired) electrons. The van der Waals surface area contributed by atoms with Crippen molar-refractivity contribution in [2.75, 3.05) is 20.7 Å². The number of benzene rings is 1. The van der Waals surface area contributed by atoms with Crippen molar-refractivity contribution in [3.05, 3.63) is 28.2 Å². The smallest absolute Gasteiger partial charge is 0.133 e. The Morgan fingerprint density at radius 3 is 2.71 bits per heavy atom. The molecular weight excluding hydrogens is 278 g/mol. The second kappa shape index (κ2) is 5.87. The van der Waals surface area contributed by atoms with Crippen molar-refractivity contribution in [3.63, 3.8) is 0 Å². The molecule has 0 saturated heterocycles. The summed E-state index contributed by atoms with van der Waals surface area (Å²) in [5, 5.41) is 0. The first kappa shape index (κ1) is 12.9. The van der Waals surface area contributed by atoms with Crippen LogP contribution in [0.15, 0.2) is 22.7 Å². The normalized spacial score (nSPS) is 16.0. The molecule has 1 saturated carbocycles. The van der Waals surface area contributed by atoms with E-state index < -0.39 is 0 Å². The first-order valence-electron chi connectivity index (χ1n) is 6.20. The second-order valence-electron chi connectivity index (χ2n) is 4.96. The van der Waals surface area contributed by atoms with E-state index in [0.717, 1.165) is 22.7 Å². The standard InChI is InChI=1S/C14H20BrNO/c1-16(9-11-4-3-5-11)10-12-6-7-14(17-2)13(15)8-12/h6-8,11H,3-5,9-10H2,1-2H3. The Hall–Kier alpha value is -0.540. The lowest BCUT2D eigenvalue weighted by Crippen LogP contribution is -2.29. The average molecular weight is 298 g/mol. The molecule has 2 rings (SSSR count). The molecule has 0 atom stereocenters. The summed E-state index contributed by atoms with van der Waals surface area (Å²) < 4.78 is 6.27. The van der Waals surface area contributed by atoms with Gasteiger partial charge in [0.1, 0.15) is 5.75 Å². The van der Waals surface area contributed by atoms with Crippen LogP contribution in [0.2, 0.25) is 0 Å². The molecular formula is C14H20BrNO. The summed E-state index contributed by atoms with van der Waals surface area (Å²) in [4.78, 5) is 2.41. The van der Waals surface area contributed by atoms with Crippen LogP contribution < -0.4 is 4.74 Å². The van der Waals surface area contributed by atoms with Crippen LogP contribution in [0.5, 0.6) is 5.75 Å². The Morgan fingerprint density at radius 1 is 1.41 bits per heavy atom. The zero-order valence-corrected chi connectivity index (χ0v) is 12.2. The highest BCUT2D eigenvalue weighted by molar-refractivity contribution is 9.10. The van der Waals surface area contributed by atoms with Gasteiger partial charge in [-0.2, -0.15) is 0 Å². The van der Waals surface area contributed by atoms with Gasteiger partial charge in [-0.3, -0.25) is 0 Å². The molecule has 17 heavy (non-hydrogen) atoms. The topological polar surface area (TPSA) is 12.5 Å². The van der Waals surface area contributed by atoms with Crippen molar-refractivity contribution >= 4 is 15.9 Å². The number of nitrogens with zero attached hydrogens (tertiary/aromatic N) is 1. The van der Waals surface area contributed by atoms with Gasteiger partial charge in [0, 0.05) is 13.1 Å². The minimum Gasteiger partial charge on any atom is -0.496 e. The van der Waals surface area contributed by atoms with E-state index in [1.165, 1.54) is 31.4 Å². The predicted octanol–water partition coefficient (Wildman–Crippen LogP) is 3.69. The van der Waals surface area contributed by atoms with E-state index in [4.69, 9.17) is 4.74 Å². The van der Waals surface area contributed by atoms with Crippen molar-refractivity contribution < 1.29 is 4.74 Å². The zero-order chi connectivity index (χ0) is 12.3. The summed E-state index contributed by atoms with van der Waals surface area (Å²) in [5.74, 6) is 1.83. The molecule has 0 amide bonds. The van der Waals surface area contributed by atoms with Crippen molar-refractivity contribution in [2.24, 2.45) is 5.92 Å². The number of methoxy groups -OCH3 is 1. The lowest BCUT2D eigenvalue weighted by atomic mass is 9.85. The summed E-state index contributed by atoms with van der Waals surface area (Å²) in [6, 6.07) is 6.31. The number of ether oxygens (including phenoxy) is 1. The summed E-state index contributed by atoms with van der Waals surface area (Å²) in [6.45, 7) is 2.24. The minimum atomic E-state index is 0.899. The van der Waals surface area contributed by atoms with Crippen LogP contribution in [0.1, 0.15) is 24.8 Å². The van der Waals surface area contributed by atoms with Crippen LogP contribution in [0.3, 0.4) is 0 Å². The largest absolute Gasteiger partial charge is 0.496 e. The molecule has 0 unspecified atom stereocenters. The van der Waals surface area contributed by atoms with Gasteiger partial charge in [0.25, 0.3) is 0 Å². The molecule has 1 fully saturated rings. The van der Waals surface area contributed by atoms with Gasteiger partial charge in [-0.1, -0.05) is 12.5 Å². The van der Waals surface area contributed by atoms with E-state index in [2.05, 4.69) is 40.0 Å². The van der Waals surface area contributed by atoms with E-state index >= 15 is 0 Å². The van der Waals surface area contributed by atoms with Gasteiger partial charge in [-0.15, -0.1) is 0 Å². The zero-order valence-electron chi connectivity index (χ0n) is 10.6. The predicted molar refractivity (Wildman–Crippen MR) is 74.4 cm³/mol. The molecule has 2 nitrogen and oxygen atoms in total. The maximum absolute atomic E-state index is 5.24. The fourth-order valence-electron chi connectivity index (χ4n) is 2.30. The van der Waals surface area contributed by atoms with Crippen LogP contribution in [-0.4, -0.2) is 25.6 Å². The highest BCUT2D eigenvalue weighted by Gasteiger charge is 2.18. The van der Waals surface area contributed by atoms with Crippen LogP contribution in [0, 0.1) is 5.92 Å². The number of rotatable bonds is 5. The average Bonchev–Trinajstić information content (AvgIpc) is 2.24. The molecule has 1 aromatic carbocycles. The monoisotopic (exact) mass is 297 g/mol. The van der Waals surface area contributed by atoms with Crippen molar-refractivity contribution in [1.82, 2.24) is 4.90 Å². The Bertz CT molecular complexity index is 376. The highest BCUT2D eigenvalue weighted by Crippen LogP contribution is 2.28. The number of hydrogen-bond donors (Lipinski definition) is 0. The highest BCUT2D eigenvalue weighted by atomic mass is 79.9. The number of hydrogen-bond acceptors (Lipinski definition) is 2. The molecule has 1 aliphatic rings. The third-order valence-corrected chi connectivity index (χ3v) is 4.08. The molecule has 94 valence electrons. The molecule has 3 heteroatoms. The number of halogens is 1. The van der Waals surface area contributed by atoms with Crippen molar-refractivity contribution in [2.45, 2.75) is 25.8 Å². The maximum atomic E-state index is 5.24. The molecule has 0 spiro atoms. The molecule has 1 aromatic rings. The van der Waals surface area contributed by atoms with Gasteiger partial charge in [0.05, 0.1) is 11.6 Å². The lowest BCUT2D eigenvalue weighted by molar-refractivity contribution is 0.200. The van der Waals surface area contributed by atoms with Gasteiger partial charge >= 0.3 is 0 Å².